The summed E-state index contributed by atoms with van der Waals surface area (Å²) in [6.07, 6.45) is 4.45. The Balaban J connectivity index is 2.61. The Hall–Kier alpha value is -1.12. The fourth-order valence-corrected chi connectivity index (χ4v) is 2.81. The lowest BCUT2D eigenvalue weighted by Crippen LogP contribution is -2.25. The SMILES string of the molecule is CCCn1cc(S(=O)(=O)NCCCCCO)c(N)n1. The zero-order valence-electron chi connectivity index (χ0n) is 11.2. The van der Waals surface area contributed by atoms with Crippen molar-refractivity contribution < 1.29 is 13.5 Å². The maximum absolute atomic E-state index is 12.0. The molecule has 1 rings (SSSR count). The molecule has 0 atom stereocenters. The Labute approximate surface area is 113 Å². The fourth-order valence-electron chi connectivity index (χ4n) is 1.67. The van der Waals surface area contributed by atoms with E-state index in [2.05, 4.69) is 9.82 Å². The minimum Gasteiger partial charge on any atom is -0.396 e. The van der Waals surface area contributed by atoms with Crippen molar-refractivity contribution >= 4 is 15.8 Å². The molecule has 1 aromatic rings. The lowest BCUT2D eigenvalue weighted by atomic mass is 10.2. The largest absolute Gasteiger partial charge is 0.396 e. The predicted molar refractivity (Wildman–Crippen MR) is 73.1 cm³/mol. The number of sulfonamides is 1. The quantitative estimate of drug-likeness (QED) is 0.567. The molecule has 0 bridgehead atoms. The Morgan fingerprint density at radius 2 is 2.16 bits per heavy atom. The van der Waals surface area contributed by atoms with Gasteiger partial charge in [-0.05, 0) is 25.7 Å². The number of nitrogens with zero attached hydrogens (tertiary/aromatic N) is 2. The summed E-state index contributed by atoms with van der Waals surface area (Å²) >= 11 is 0. The Bertz CT molecular complexity index is 484. The number of nitrogen functional groups attached to an aromatic ring is 1. The second-order valence-corrected chi connectivity index (χ2v) is 6.06. The van der Waals surface area contributed by atoms with Crippen molar-refractivity contribution in [3.05, 3.63) is 6.20 Å². The molecule has 0 aliphatic rings. The van der Waals surface area contributed by atoms with Gasteiger partial charge in [0.2, 0.25) is 10.0 Å². The van der Waals surface area contributed by atoms with Gasteiger partial charge < -0.3 is 10.8 Å². The number of nitrogens with one attached hydrogen (secondary N) is 1. The number of aliphatic hydroxyl groups excluding tert-OH is 1. The summed E-state index contributed by atoms with van der Waals surface area (Å²) in [4.78, 5) is 0.0307. The lowest BCUT2D eigenvalue weighted by Gasteiger charge is -2.04. The van der Waals surface area contributed by atoms with E-state index < -0.39 is 10.0 Å². The monoisotopic (exact) mass is 290 g/mol. The first-order valence-corrected chi connectivity index (χ1v) is 7.93. The normalized spacial score (nSPS) is 11.9. The lowest BCUT2D eigenvalue weighted by molar-refractivity contribution is 0.283. The highest BCUT2D eigenvalue weighted by Gasteiger charge is 2.20. The van der Waals surface area contributed by atoms with Crippen LogP contribution in [0.3, 0.4) is 0 Å². The first-order chi connectivity index (χ1) is 9.01. The number of aliphatic hydroxyl groups is 1. The Kier molecular flexibility index (Phi) is 6.26. The predicted octanol–water partition coefficient (Wildman–Crippen LogP) is 0.316. The summed E-state index contributed by atoms with van der Waals surface area (Å²) < 4.78 is 28.0. The molecule has 0 aliphatic heterocycles. The van der Waals surface area contributed by atoms with E-state index in [0.29, 0.717) is 25.9 Å². The van der Waals surface area contributed by atoms with Gasteiger partial charge in [-0.2, -0.15) is 5.10 Å². The van der Waals surface area contributed by atoms with Gasteiger partial charge in [-0.1, -0.05) is 6.92 Å². The van der Waals surface area contributed by atoms with E-state index in [1.807, 2.05) is 6.92 Å². The molecule has 0 spiro atoms. The van der Waals surface area contributed by atoms with Crippen molar-refractivity contribution in [2.75, 3.05) is 18.9 Å². The number of aromatic nitrogens is 2. The van der Waals surface area contributed by atoms with Crippen LogP contribution < -0.4 is 10.5 Å². The maximum Gasteiger partial charge on any atom is 0.245 e. The van der Waals surface area contributed by atoms with Gasteiger partial charge in [-0.15, -0.1) is 0 Å². The molecular formula is C11H22N4O3S. The van der Waals surface area contributed by atoms with Gasteiger partial charge in [0.25, 0.3) is 0 Å². The van der Waals surface area contributed by atoms with Crippen molar-refractivity contribution in [3.63, 3.8) is 0 Å². The molecule has 1 heterocycles. The van der Waals surface area contributed by atoms with Crippen LogP contribution in [0.15, 0.2) is 11.1 Å². The minimum atomic E-state index is -3.60. The zero-order chi connectivity index (χ0) is 14.3. The van der Waals surface area contributed by atoms with Gasteiger partial charge >= 0.3 is 0 Å². The maximum atomic E-state index is 12.0. The van der Waals surface area contributed by atoms with E-state index in [0.717, 1.165) is 12.8 Å². The number of rotatable bonds is 9. The summed E-state index contributed by atoms with van der Waals surface area (Å²) in [7, 11) is -3.60. The summed E-state index contributed by atoms with van der Waals surface area (Å²) in [6, 6.07) is 0. The summed E-state index contributed by atoms with van der Waals surface area (Å²) in [5.41, 5.74) is 5.63. The van der Waals surface area contributed by atoms with Crippen molar-refractivity contribution in [3.8, 4) is 0 Å². The molecule has 0 amide bonds. The van der Waals surface area contributed by atoms with Gasteiger partial charge in [-0.3, -0.25) is 4.68 Å². The van der Waals surface area contributed by atoms with Crippen LogP contribution in [0.1, 0.15) is 32.6 Å². The van der Waals surface area contributed by atoms with E-state index in [-0.39, 0.29) is 17.3 Å². The highest BCUT2D eigenvalue weighted by atomic mass is 32.2. The number of aryl methyl sites for hydroxylation is 1. The molecule has 0 radical (unpaired) electrons. The summed E-state index contributed by atoms with van der Waals surface area (Å²) in [6.45, 7) is 3.08. The van der Waals surface area contributed by atoms with E-state index in [4.69, 9.17) is 10.8 Å². The zero-order valence-corrected chi connectivity index (χ0v) is 12.0. The molecule has 110 valence electrons. The molecule has 4 N–H and O–H groups in total. The molecule has 19 heavy (non-hydrogen) atoms. The van der Waals surface area contributed by atoms with Crippen LogP contribution in [0.5, 0.6) is 0 Å². The van der Waals surface area contributed by atoms with Crippen LogP contribution in [0.4, 0.5) is 5.82 Å². The first-order valence-electron chi connectivity index (χ1n) is 6.44. The highest BCUT2D eigenvalue weighted by Crippen LogP contribution is 2.16. The van der Waals surface area contributed by atoms with Gasteiger partial charge in [0.05, 0.1) is 0 Å². The molecule has 0 fully saturated rings. The number of anilines is 1. The molecule has 0 unspecified atom stereocenters. The third kappa shape index (κ3) is 4.81. The third-order valence-corrected chi connectivity index (χ3v) is 4.10. The van der Waals surface area contributed by atoms with E-state index >= 15 is 0 Å². The number of unbranched alkanes of at least 4 members (excludes halogenated alkanes) is 2. The number of hydrogen-bond donors (Lipinski definition) is 3. The molecule has 8 heteroatoms. The molecule has 0 saturated heterocycles. The third-order valence-electron chi connectivity index (χ3n) is 2.62. The van der Waals surface area contributed by atoms with Gasteiger partial charge in [0.1, 0.15) is 4.90 Å². The number of nitrogens with two attached hydrogens (primary N) is 1. The van der Waals surface area contributed by atoms with Gasteiger partial charge in [0.15, 0.2) is 5.82 Å². The first kappa shape index (κ1) is 15.9. The molecular weight excluding hydrogens is 268 g/mol. The summed E-state index contributed by atoms with van der Waals surface area (Å²) in [5.74, 6) is 0.0244. The molecule has 1 aromatic heterocycles. The minimum absolute atomic E-state index is 0.0244. The summed E-state index contributed by atoms with van der Waals surface area (Å²) in [5, 5.41) is 12.6. The van der Waals surface area contributed by atoms with Crippen LogP contribution in [-0.4, -0.2) is 36.5 Å². The topological polar surface area (TPSA) is 110 Å². The number of hydrogen-bond acceptors (Lipinski definition) is 5. The molecule has 0 aromatic carbocycles. The van der Waals surface area contributed by atoms with E-state index in [1.165, 1.54) is 10.9 Å². The van der Waals surface area contributed by atoms with Crippen molar-refractivity contribution in [1.82, 2.24) is 14.5 Å². The van der Waals surface area contributed by atoms with Crippen LogP contribution in [0.2, 0.25) is 0 Å². The molecule has 0 aliphatic carbocycles. The average molecular weight is 290 g/mol. The molecule has 7 nitrogen and oxygen atoms in total. The van der Waals surface area contributed by atoms with Crippen LogP contribution in [0.25, 0.3) is 0 Å². The van der Waals surface area contributed by atoms with Crippen LogP contribution in [0, 0.1) is 0 Å². The molecule has 0 saturated carbocycles. The highest BCUT2D eigenvalue weighted by molar-refractivity contribution is 7.89. The smallest absolute Gasteiger partial charge is 0.245 e. The van der Waals surface area contributed by atoms with Crippen molar-refractivity contribution in [2.45, 2.75) is 44.0 Å². The average Bonchev–Trinajstić information content (AvgIpc) is 2.71. The fraction of sp³-hybridized carbons (Fsp3) is 0.727. The Morgan fingerprint density at radius 3 is 2.79 bits per heavy atom. The Morgan fingerprint density at radius 1 is 1.42 bits per heavy atom. The van der Waals surface area contributed by atoms with E-state index in [9.17, 15) is 8.42 Å². The van der Waals surface area contributed by atoms with Gasteiger partial charge in [-0.25, -0.2) is 13.1 Å². The van der Waals surface area contributed by atoms with Crippen molar-refractivity contribution in [2.24, 2.45) is 0 Å². The second kappa shape index (κ2) is 7.46. The standard InChI is InChI=1S/C11H22N4O3S/c1-2-7-15-9-10(11(12)14-15)19(17,18)13-6-4-3-5-8-16/h9,13,16H,2-8H2,1H3,(H2,12,14). The van der Waals surface area contributed by atoms with Crippen LogP contribution in [-0.2, 0) is 16.6 Å². The second-order valence-electron chi connectivity index (χ2n) is 4.32. The van der Waals surface area contributed by atoms with Crippen LogP contribution >= 0.6 is 0 Å². The van der Waals surface area contributed by atoms with Gasteiger partial charge in [0, 0.05) is 25.9 Å². The van der Waals surface area contributed by atoms with E-state index in [1.54, 1.807) is 0 Å². The van der Waals surface area contributed by atoms with Crippen molar-refractivity contribution in [1.29, 1.82) is 0 Å².